The average molecular weight is 326 g/mol. The van der Waals surface area contributed by atoms with Crippen molar-refractivity contribution in [3.8, 4) is 5.75 Å². The van der Waals surface area contributed by atoms with Gasteiger partial charge in [-0.3, -0.25) is 0 Å². The van der Waals surface area contributed by atoms with Gasteiger partial charge in [0.05, 0.1) is 6.04 Å². The molecule has 0 spiro atoms. The highest BCUT2D eigenvalue weighted by molar-refractivity contribution is 9.10. The van der Waals surface area contributed by atoms with E-state index in [0.717, 1.165) is 0 Å². The highest BCUT2D eigenvalue weighted by Gasteiger charge is 2.32. The van der Waals surface area contributed by atoms with Crippen LogP contribution in [0.25, 0.3) is 0 Å². The van der Waals surface area contributed by atoms with Crippen molar-refractivity contribution in [2.75, 3.05) is 6.61 Å². The summed E-state index contributed by atoms with van der Waals surface area (Å²) in [6, 6.07) is 3.50. The SMILES string of the molecule is O=C1N[C@@H](c2cc(Br)cc(OC(F)(F)F)c2)CO1. The summed E-state index contributed by atoms with van der Waals surface area (Å²) >= 11 is 3.08. The highest BCUT2D eigenvalue weighted by atomic mass is 79.9. The Morgan fingerprint density at radius 1 is 1.39 bits per heavy atom. The van der Waals surface area contributed by atoms with Crippen molar-refractivity contribution in [2.45, 2.75) is 12.4 Å². The lowest BCUT2D eigenvalue weighted by molar-refractivity contribution is -0.274. The number of nitrogens with one attached hydrogen (secondary N) is 1. The van der Waals surface area contributed by atoms with E-state index in [1.54, 1.807) is 6.07 Å². The monoisotopic (exact) mass is 325 g/mol. The van der Waals surface area contributed by atoms with E-state index in [-0.39, 0.29) is 12.4 Å². The van der Waals surface area contributed by atoms with Crippen molar-refractivity contribution in [3.05, 3.63) is 28.2 Å². The number of carbonyl (C=O) groups excluding carboxylic acids is 1. The summed E-state index contributed by atoms with van der Waals surface area (Å²) in [5, 5.41) is 2.47. The molecular weight excluding hydrogens is 319 g/mol. The van der Waals surface area contributed by atoms with Gasteiger partial charge in [0.1, 0.15) is 12.4 Å². The molecule has 0 saturated carbocycles. The fraction of sp³-hybridized carbons (Fsp3) is 0.300. The first kappa shape index (κ1) is 13.0. The largest absolute Gasteiger partial charge is 0.573 e. The predicted octanol–water partition coefficient (Wildman–Crippen LogP) is 3.13. The van der Waals surface area contributed by atoms with Crippen LogP contribution in [0.5, 0.6) is 5.75 Å². The molecule has 1 fully saturated rings. The van der Waals surface area contributed by atoms with Crippen molar-refractivity contribution < 1.29 is 27.4 Å². The number of rotatable bonds is 2. The second-order valence-corrected chi connectivity index (χ2v) is 4.48. The molecule has 0 aliphatic carbocycles. The van der Waals surface area contributed by atoms with E-state index in [1.807, 2.05) is 0 Å². The van der Waals surface area contributed by atoms with E-state index >= 15 is 0 Å². The molecule has 4 nitrogen and oxygen atoms in total. The van der Waals surface area contributed by atoms with Crippen LogP contribution in [0.2, 0.25) is 0 Å². The van der Waals surface area contributed by atoms with Gasteiger partial charge in [0.25, 0.3) is 0 Å². The first-order valence-corrected chi connectivity index (χ1v) is 5.62. The lowest BCUT2D eigenvalue weighted by atomic mass is 10.1. The van der Waals surface area contributed by atoms with Crippen molar-refractivity contribution >= 4 is 22.0 Å². The van der Waals surface area contributed by atoms with Crippen LogP contribution in [0.15, 0.2) is 22.7 Å². The van der Waals surface area contributed by atoms with Crippen LogP contribution >= 0.6 is 15.9 Å². The third-order valence-electron chi connectivity index (χ3n) is 2.20. The van der Waals surface area contributed by atoms with E-state index in [2.05, 4.69) is 30.7 Å². The normalized spacial score (nSPS) is 19.3. The summed E-state index contributed by atoms with van der Waals surface area (Å²) in [6.07, 6.45) is -5.36. The summed E-state index contributed by atoms with van der Waals surface area (Å²) in [4.78, 5) is 10.9. The third kappa shape index (κ3) is 3.28. The zero-order valence-electron chi connectivity index (χ0n) is 8.75. The molecule has 0 aromatic heterocycles. The predicted molar refractivity (Wildman–Crippen MR) is 58.0 cm³/mol. The van der Waals surface area contributed by atoms with E-state index < -0.39 is 18.5 Å². The van der Waals surface area contributed by atoms with Gasteiger partial charge in [-0.15, -0.1) is 13.2 Å². The molecule has 1 N–H and O–H groups in total. The van der Waals surface area contributed by atoms with E-state index in [1.165, 1.54) is 12.1 Å². The van der Waals surface area contributed by atoms with Crippen LogP contribution in [0.4, 0.5) is 18.0 Å². The number of amides is 1. The van der Waals surface area contributed by atoms with E-state index in [4.69, 9.17) is 0 Å². The van der Waals surface area contributed by atoms with E-state index in [0.29, 0.717) is 10.0 Å². The van der Waals surface area contributed by atoms with Gasteiger partial charge in [0.2, 0.25) is 0 Å². The maximum atomic E-state index is 12.1. The number of benzene rings is 1. The van der Waals surface area contributed by atoms with Crippen molar-refractivity contribution in [3.63, 3.8) is 0 Å². The van der Waals surface area contributed by atoms with Gasteiger partial charge < -0.3 is 14.8 Å². The minimum absolute atomic E-state index is 0.0702. The molecule has 1 heterocycles. The number of hydrogen-bond acceptors (Lipinski definition) is 3. The van der Waals surface area contributed by atoms with E-state index in [9.17, 15) is 18.0 Å². The Morgan fingerprint density at radius 2 is 2.11 bits per heavy atom. The lowest BCUT2D eigenvalue weighted by Gasteiger charge is -2.13. The summed E-state index contributed by atoms with van der Waals surface area (Å²) in [6.45, 7) is 0.0702. The Balaban J connectivity index is 2.24. The number of ether oxygens (including phenoxy) is 2. The number of halogens is 4. The Bertz CT molecular complexity index is 478. The Hall–Kier alpha value is -1.44. The zero-order valence-corrected chi connectivity index (χ0v) is 10.3. The third-order valence-corrected chi connectivity index (χ3v) is 2.66. The van der Waals surface area contributed by atoms with Gasteiger partial charge in [0.15, 0.2) is 0 Å². The van der Waals surface area contributed by atoms with Crippen LogP contribution in [0.3, 0.4) is 0 Å². The quantitative estimate of drug-likeness (QED) is 0.908. The molecule has 1 aliphatic heterocycles. The summed E-state index contributed by atoms with van der Waals surface area (Å²) in [5.41, 5.74) is 0.467. The molecule has 1 aromatic carbocycles. The van der Waals surface area contributed by atoms with Crippen molar-refractivity contribution in [1.82, 2.24) is 5.32 Å². The number of cyclic esters (lactones) is 1. The van der Waals surface area contributed by atoms with Crippen LogP contribution in [0, 0.1) is 0 Å². The second-order valence-electron chi connectivity index (χ2n) is 3.56. The summed E-state index contributed by atoms with van der Waals surface area (Å²) in [7, 11) is 0. The van der Waals surface area contributed by atoms with Crippen LogP contribution < -0.4 is 10.1 Å². The topological polar surface area (TPSA) is 47.6 Å². The number of alkyl carbamates (subject to hydrolysis) is 1. The number of carbonyl (C=O) groups is 1. The van der Waals surface area contributed by atoms with Gasteiger partial charge >= 0.3 is 12.5 Å². The molecule has 8 heteroatoms. The zero-order chi connectivity index (χ0) is 13.3. The molecule has 0 radical (unpaired) electrons. The summed E-state index contributed by atoms with van der Waals surface area (Å²) < 4.78 is 45.3. The van der Waals surface area contributed by atoms with Gasteiger partial charge in [-0.1, -0.05) is 15.9 Å². The first-order chi connectivity index (χ1) is 8.33. The minimum atomic E-state index is -4.76. The van der Waals surface area contributed by atoms with Crippen molar-refractivity contribution in [2.24, 2.45) is 0 Å². The number of alkyl halides is 3. The van der Waals surface area contributed by atoms with Gasteiger partial charge in [-0.05, 0) is 23.8 Å². The molecule has 1 amide bonds. The maximum Gasteiger partial charge on any atom is 0.573 e. The lowest BCUT2D eigenvalue weighted by Crippen LogP contribution is -2.20. The number of hydrogen-bond donors (Lipinski definition) is 1. The molecule has 1 saturated heterocycles. The summed E-state index contributed by atoms with van der Waals surface area (Å²) in [5.74, 6) is -0.354. The molecule has 1 aliphatic rings. The fourth-order valence-electron chi connectivity index (χ4n) is 1.54. The van der Waals surface area contributed by atoms with Gasteiger partial charge in [-0.25, -0.2) is 4.79 Å². The van der Waals surface area contributed by atoms with Crippen LogP contribution in [0.1, 0.15) is 11.6 Å². The molecular formula is C10H7BrF3NO3. The maximum absolute atomic E-state index is 12.1. The Morgan fingerprint density at radius 3 is 2.67 bits per heavy atom. The van der Waals surface area contributed by atoms with Crippen LogP contribution in [-0.2, 0) is 4.74 Å². The highest BCUT2D eigenvalue weighted by Crippen LogP contribution is 2.30. The standard InChI is InChI=1S/C10H7BrF3NO3/c11-6-1-5(8-4-17-9(16)15-8)2-7(3-6)18-10(12,13)14/h1-3,8H,4H2,(H,15,16)/t8-/m1/s1. The van der Waals surface area contributed by atoms with Gasteiger partial charge in [0, 0.05) is 4.47 Å². The second kappa shape index (κ2) is 4.68. The molecule has 1 aromatic rings. The molecule has 98 valence electrons. The van der Waals surface area contributed by atoms with Gasteiger partial charge in [-0.2, -0.15) is 0 Å². The minimum Gasteiger partial charge on any atom is -0.447 e. The van der Waals surface area contributed by atoms with Crippen molar-refractivity contribution in [1.29, 1.82) is 0 Å². The molecule has 18 heavy (non-hydrogen) atoms. The molecule has 2 rings (SSSR count). The molecule has 0 unspecified atom stereocenters. The Labute approximate surface area is 108 Å². The molecule has 0 bridgehead atoms. The average Bonchev–Trinajstić information content (AvgIpc) is 2.61. The Kier molecular flexibility index (Phi) is 3.38. The van der Waals surface area contributed by atoms with Crippen LogP contribution in [-0.4, -0.2) is 19.1 Å². The first-order valence-electron chi connectivity index (χ1n) is 4.83. The smallest absolute Gasteiger partial charge is 0.447 e. The fourth-order valence-corrected chi connectivity index (χ4v) is 2.03. The molecule has 1 atom stereocenters.